The highest BCUT2D eigenvalue weighted by Gasteiger charge is 2.21. The Labute approximate surface area is 282 Å². The molecule has 8 rings (SSSR count). The molecule has 3 nitrogen and oxygen atoms in total. The zero-order valence-electron chi connectivity index (χ0n) is 26.5. The number of aryl methyl sites for hydroxylation is 2. The number of fused-ring (bicyclic) bond motifs is 3. The summed E-state index contributed by atoms with van der Waals surface area (Å²) in [4.78, 5) is 10.5. The lowest BCUT2D eigenvalue weighted by molar-refractivity contribution is 1.14. The van der Waals surface area contributed by atoms with Gasteiger partial charge < -0.3 is 0 Å². The normalized spacial score (nSPS) is 13.6. The SMILES string of the molecule is C=I1=C(n2c3ccccc3c3ccc(-c4ccc(-c5ccccc5CC)c(C)c4)cc32)N=C(c2ccccc2)N=C1c1ccccc1. The maximum absolute atomic E-state index is 5.35. The number of hydrogen-bond acceptors (Lipinski definition) is 2. The zero-order valence-corrected chi connectivity index (χ0v) is 28.6. The van der Waals surface area contributed by atoms with E-state index in [1.165, 1.54) is 44.2 Å². The first-order valence-corrected chi connectivity index (χ1v) is 19.7. The molecule has 0 fully saturated rings. The predicted octanol–water partition coefficient (Wildman–Crippen LogP) is 10.8. The topological polar surface area (TPSA) is 29.6 Å². The number of aliphatic imine (C=N–C) groups is 2. The Morgan fingerprint density at radius 3 is 1.98 bits per heavy atom. The van der Waals surface area contributed by atoms with Crippen molar-refractivity contribution in [3.63, 3.8) is 0 Å². The van der Waals surface area contributed by atoms with Crippen LogP contribution in [0.15, 0.2) is 156 Å². The molecule has 1 aromatic heterocycles. The molecular formula is C43H34IN3. The number of para-hydroxylation sites is 1. The smallest absolute Gasteiger partial charge is 0.169 e. The van der Waals surface area contributed by atoms with Gasteiger partial charge in [-0.1, -0.05) is 164 Å². The number of rotatable bonds is 6. The molecule has 6 aromatic carbocycles. The van der Waals surface area contributed by atoms with Crippen LogP contribution in [0.2, 0.25) is 0 Å². The van der Waals surface area contributed by atoms with Gasteiger partial charge >= 0.3 is 0 Å². The summed E-state index contributed by atoms with van der Waals surface area (Å²) in [6.07, 6.45) is 1.01. The van der Waals surface area contributed by atoms with Crippen LogP contribution in [0.1, 0.15) is 29.2 Å². The molecule has 47 heavy (non-hydrogen) atoms. The first kappa shape index (κ1) is 29.3. The van der Waals surface area contributed by atoms with Crippen molar-refractivity contribution in [1.82, 2.24) is 4.57 Å². The monoisotopic (exact) mass is 719 g/mol. The van der Waals surface area contributed by atoms with E-state index in [4.69, 9.17) is 14.5 Å². The van der Waals surface area contributed by atoms with E-state index in [1.54, 1.807) is 0 Å². The Balaban J connectivity index is 1.34. The van der Waals surface area contributed by atoms with Gasteiger partial charge in [-0.25, -0.2) is 9.98 Å². The van der Waals surface area contributed by atoms with Crippen molar-refractivity contribution < 1.29 is 0 Å². The van der Waals surface area contributed by atoms with Gasteiger partial charge in [0.25, 0.3) is 0 Å². The standard InChI is InChI=1S/C43H34IN3/c1-4-30-15-11-12-20-36(30)35-25-23-33(27-29(35)2)34-24-26-38-37-21-13-14-22-39(37)47(40(38)28-34)43-44(3)41(31-16-7-5-8-17-31)45-42(46-43)32-18-9-6-10-19-32/h5-28H,3-4H2,1-2H3. The van der Waals surface area contributed by atoms with E-state index in [1.807, 2.05) is 18.2 Å². The average Bonchev–Trinajstić information content (AvgIpc) is 3.46. The maximum atomic E-state index is 5.35. The lowest BCUT2D eigenvalue weighted by atomic mass is 9.92. The molecule has 0 radical (unpaired) electrons. The lowest BCUT2D eigenvalue weighted by Gasteiger charge is -2.18. The van der Waals surface area contributed by atoms with E-state index < -0.39 is 18.9 Å². The van der Waals surface area contributed by atoms with Crippen LogP contribution in [0.4, 0.5) is 0 Å². The molecular weight excluding hydrogens is 685 g/mol. The second-order valence-electron chi connectivity index (χ2n) is 11.8. The van der Waals surface area contributed by atoms with Crippen LogP contribution in [0.3, 0.4) is 0 Å². The average molecular weight is 720 g/mol. The number of aromatic nitrogens is 1. The molecule has 0 amide bonds. The van der Waals surface area contributed by atoms with Crippen molar-refractivity contribution in [1.29, 1.82) is 0 Å². The van der Waals surface area contributed by atoms with Crippen LogP contribution < -0.4 is 0 Å². The quantitative estimate of drug-likeness (QED) is 0.153. The fourth-order valence-corrected chi connectivity index (χ4v) is 10.3. The number of amidine groups is 1. The second kappa shape index (κ2) is 12.3. The summed E-state index contributed by atoms with van der Waals surface area (Å²) in [5, 5.41) is 2.43. The second-order valence-corrected chi connectivity index (χ2v) is 15.9. The number of halogens is 1. The number of benzene rings is 6. The maximum Gasteiger partial charge on any atom is 0.169 e. The Hall–Kier alpha value is -5.07. The third kappa shape index (κ3) is 5.23. The zero-order chi connectivity index (χ0) is 31.9. The Bertz CT molecular complexity index is 2460. The van der Waals surface area contributed by atoms with Crippen molar-refractivity contribution in [2.45, 2.75) is 20.3 Å². The highest BCUT2D eigenvalue weighted by molar-refractivity contribution is 14.2. The van der Waals surface area contributed by atoms with Gasteiger partial charge in [0.1, 0.15) is 3.72 Å². The molecule has 0 unspecified atom stereocenters. The third-order valence-electron chi connectivity index (χ3n) is 8.97. The van der Waals surface area contributed by atoms with E-state index in [9.17, 15) is 0 Å². The number of nitrogens with zero attached hydrogens (tertiary/aromatic N) is 3. The van der Waals surface area contributed by atoms with Gasteiger partial charge in [-0.3, -0.25) is 4.57 Å². The van der Waals surface area contributed by atoms with Crippen molar-refractivity contribution in [2.75, 3.05) is 0 Å². The van der Waals surface area contributed by atoms with E-state index in [0.29, 0.717) is 0 Å². The van der Waals surface area contributed by atoms with Gasteiger partial charge in [0.15, 0.2) is 9.59 Å². The molecule has 0 atom stereocenters. The van der Waals surface area contributed by atoms with Gasteiger partial charge in [-0.2, -0.15) is 0 Å². The lowest BCUT2D eigenvalue weighted by Crippen LogP contribution is -2.17. The van der Waals surface area contributed by atoms with E-state index in [-0.39, 0.29) is 0 Å². The highest BCUT2D eigenvalue weighted by Crippen LogP contribution is 2.37. The summed E-state index contributed by atoms with van der Waals surface area (Å²) in [7, 11) is 0. The van der Waals surface area contributed by atoms with Crippen LogP contribution in [0.5, 0.6) is 0 Å². The molecule has 1 aliphatic rings. The molecule has 7 aromatic rings. The van der Waals surface area contributed by atoms with Gasteiger partial charge in [-0.15, -0.1) is 0 Å². The fourth-order valence-electron chi connectivity index (χ4n) is 6.61. The predicted molar refractivity (Wildman–Crippen MR) is 212 cm³/mol. The molecule has 0 bridgehead atoms. The molecule has 228 valence electrons. The summed E-state index contributed by atoms with van der Waals surface area (Å²) in [6, 6.07) is 52.0. The van der Waals surface area contributed by atoms with Crippen molar-refractivity contribution in [3.05, 3.63) is 168 Å². The van der Waals surface area contributed by atoms with Crippen molar-refractivity contribution in [3.8, 4) is 22.3 Å². The van der Waals surface area contributed by atoms with Crippen molar-refractivity contribution in [2.24, 2.45) is 9.98 Å². The molecule has 0 N–H and O–H groups in total. The highest BCUT2D eigenvalue weighted by atomic mass is 127. The van der Waals surface area contributed by atoms with Crippen LogP contribution in [-0.2, 0) is 6.42 Å². The molecule has 0 spiro atoms. The van der Waals surface area contributed by atoms with E-state index >= 15 is 0 Å². The van der Waals surface area contributed by atoms with Crippen LogP contribution in [0.25, 0.3) is 44.1 Å². The third-order valence-corrected chi connectivity index (χ3v) is 13.0. The summed E-state index contributed by atoms with van der Waals surface area (Å²) in [5.41, 5.74) is 12.1. The fraction of sp³-hybridized carbons (Fsp3) is 0.0698. The summed E-state index contributed by atoms with van der Waals surface area (Å²) in [5.74, 6) is 0.734. The minimum Gasteiger partial charge on any atom is -0.289 e. The molecule has 0 saturated carbocycles. The van der Waals surface area contributed by atoms with Crippen LogP contribution in [0, 0.1) is 6.92 Å². The Kier molecular flexibility index (Phi) is 7.66. The summed E-state index contributed by atoms with van der Waals surface area (Å²) in [6.45, 7) is 4.45. The van der Waals surface area contributed by atoms with Gasteiger partial charge in [0.2, 0.25) is 0 Å². The van der Waals surface area contributed by atoms with Crippen molar-refractivity contribution >= 4 is 58.5 Å². The van der Waals surface area contributed by atoms with Crippen LogP contribution in [-0.4, -0.2) is 22.4 Å². The minimum absolute atomic E-state index is 0.734. The molecule has 2 heterocycles. The Morgan fingerprint density at radius 1 is 0.574 bits per heavy atom. The first-order chi connectivity index (χ1) is 23.1. The largest absolute Gasteiger partial charge is 0.289 e. The van der Waals surface area contributed by atoms with E-state index in [0.717, 1.165) is 41.9 Å². The number of hydrogen-bond donors (Lipinski definition) is 0. The molecule has 0 aliphatic carbocycles. The minimum atomic E-state index is -2.31. The summed E-state index contributed by atoms with van der Waals surface area (Å²) >= 11 is -2.31. The van der Waals surface area contributed by atoms with Gasteiger partial charge in [-0.05, 0) is 58.9 Å². The Morgan fingerprint density at radius 2 is 1.21 bits per heavy atom. The first-order valence-electron chi connectivity index (χ1n) is 16.0. The molecule has 1 aliphatic heterocycles. The molecule has 4 heteroatoms. The van der Waals surface area contributed by atoms with Crippen LogP contribution >= 0.6 is 18.9 Å². The van der Waals surface area contributed by atoms with E-state index in [2.05, 4.69) is 146 Å². The molecule has 0 saturated heterocycles. The summed E-state index contributed by atoms with van der Waals surface area (Å²) < 4.78 is 9.31. The van der Waals surface area contributed by atoms with Gasteiger partial charge in [0.05, 0.1) is 11.0 Å². The van der Waals surface area contributed by atoms with Gasteiger partial charge in [0, 0.05) is 21.9 Å².